The predicted octanol–water partition coefficient (Wildman–Crippen LogP) is 2.18. The summed E-state index contributed by atoms with van der Waals surface area (Å²) in [4.78, 5) is 27.6. The number of oxime groups is 1. The first-order valence-electron chi connectivity index (χ1n) is 9.71. The monoisotopic (exact) mass is 406 g/mol. The smallest absolute Gasteiger partial charge is 0.315 e. The van der Waals surface area contributed by atoms with Crippen molar-refractivity contribution in [3.63, 3.8) is 0 Å². The Kier molecular flexibility index (Phi) is 7.24. The Hall–Kier alpha value is -2.61. The van der Waals surface area contributed by atoms with Crippen LogP contribution in [0.3, 0.4) is 0 Å². The predicted molar refractivity (Wildman–Crippen MR) is 108 cm³/mol. The maximum Gasteiger partial charge on any atom is 0.315 e. The number of esters is 2. The molecule has 29 heavy (non-hydrogen) atoms. The average molecular weight is 406 g/mol. The molecule has 1 aromatic carbocycles. The first-order chi connectivity index (χ1) is 13.7. The number of hydrogen-bond acceptors (Lipinski definition) is 8. The van der Waals surface area contributed by atoms with Gasteiger partial charge in [-0.2, -0.15) is 0 Å². The molecular formula is C21H30N2O6. The van der Waals surface area contributed by atoms with Gasteiger partial charge in [0.25, 0.3) is 0 Å². The third kappa shape index (κ3) is 4.70. The van der Waals surface area contributed by atoms with Crippen molar-refractivity contribution in [1.82, 2.24) is 0 Å². The van der Waals surface area contributed by atoms with Gasteiger partial charge in [0.1, 0.15) is 5.92 Å². The Balaban J connectivity index is 2.65. The summed E-state index contributed by atoms with van der Waals surface area (Å²) in [5.41, 5.74) is 0.0954. The minimum atomic E-state index is -1.57. The van der Waals surface area contributed by atoms with Gasteiger partial charge in [-0.25, -0.2) is 0 Å². The van der Waals surface area contributed by atoms with Gasteiger partial charge in [-0.1, -0.05) is 17.3 Å². The van der Waals surface area contributed by atoms with E-state index in [0.717, 1.165) is 5.69 Å². The third-order valence-electron chi connectivity index (χ3n) is 5.29. The maximum atomic E-state index is 12.8. The van der Waals surface area contributed by atoms with Crippen molar-refractivity contribution in [1.29, 1.82) is 0 Å². The van der Waals surface area contributed by atoms with Crippen LogP contribution in [0.1, 0.15) is 38.7 Å². The molecule has 0 aromatic heterocycles. The highest BCUT2D eigenvalue weighted by molar-refractivity contribution is 6.05. The van der Waals surface area contributed by atoms with E-state index in [1.807, 2.05) is 31.1 Å². The molecule has 8 nitrogen and oxygen atoms in total. The number of nitrogens with zero attached hydrogens (tertiary/aromatic N) is 2. The molecule has 0 radical (unpaired) electrons. The Morgan fingerprint density at radius 1 is 1.14 bits per heavy atom. The lowest BCUT2D eigenvalue weighted by Crippen LogP contribution is -2.55. The number of anilines is 1. The van der Waals surface area contributed by atoms with E-state index in [1.165, 1.54) is 6.92 Å². The number of rotatable bonds is 6. The van der Waals surface area contributed by atoms with Crippen LogP contribution in [0.5, 0.6) is 0 Å². The molecule has 2 rings (SSSR count). The van der Waals surface area contributed by atoms with Gasteiger partial charge in [0, 0.05) is 32.1 Å². The Morgan fingerprint density at radius 2 is 1.69 bits per heavy atom. The van der Waals surface area contributed by atoms with Crippen LogP contribution in [0.15, 0.2) is 29.4 Å². The number of benzene rings is 1. The number of hydrogen-bond donors (Lipinski definition) is 2. The molecule has 0 aliphatic heterocycles. The summed E-state index contributed by atoms with van der Waals surface area (Å²) in [5, 5.41) is 23.9. The Bertz CT molecular complexity index is 757. The van der Waals surface area contributed by atoms with Crippen LogP contribution in [-0.4, -0.2) is 60.9 Å². The van der Waals surface area contributed by atoms with Crippen molar-refractivity contribution in [2.24, 2.45) is 17.0 Å². The molecule has 8 heteroatoms. The van der Waals surface area contributed by atoms with Gasteiger partial charge < -0.3 is 24.7 Å². The topological polar surface area (TPSA) is 109 Å². The van der Waals surface area contributed by atoms with E-state index in [4.69, 9.17) is 9.47 Å². The van der Waals surface area contributed by atoms with Crippen molar-refractivity contribution in [2.45, 2.75) is 38.7 Å². The molecule has 0 bridgehead atoms. The molecule has 0 saturated heterocycles. The van der Waals surface area contributed by atoms with Crippen molar-refractivity contribution in [3.05, 3.63) is 29.8 Å². The van der Waals surface area contributed by atoms with Gasteiger partial charge >= 0.3 is 11.9 Å². The zero-order chi connectivity index (χ0) is 21.8. The van der Waals surface area contributed by atoms with Gasteiger partial charge in [0.2, 0.25) is 0 Å². The summed E-state index contributed by atoms with van der Waals surface area (Å²) >= 11 is 0. The number of carbonyl (C=O) groups is 2. The highest BCUT2D eigenvalue weighted by Gasteiger charge is 2.56. The van der Waals surface area contributed by atoms with E-state index in [2.05, 4.69) is 5.16 Å². The van der Waals surface area contributed by atoms with Crippen LogP contribution in [0, 0.1) is 11.8 Å². The van der Waals surface area contributed by atoms with Crippen LogP contribution < -0.4 is 4.90 Å². The molecule has 1 fully saturated rings. The normalized spacial score (nSPS) is 28.1. The van der Waals surface area contributed by atoms with Crippen LogP contribution in [0.2, 0.25) is 0 Å². The number of aliphatic hydroxyl groups is 1. The molecule has 0 heterocycles. The summed E-state index contributed by atoms with van der Waals surface area (Å²) in [6, 6.07) is 7.32. The molecule has 0 spiro atoms. The fraction of sp³-hybridized carbons (Fsp3) is 0.571. The summed E-state index contributed by atoms with van der Waals surface area (Å²) in [6.07, 6.45) is -0.150. The summed E-state index contributed by atoms with van der Waals surface area (Å²) in [5.74, 6) is -4.07. The SMILES string of the molecule is CCOC(=O)[C@H]1/C(=N/O)C[C@](C)(O)[C@@H](C(=O)OCC)[C@H]1c1ccc(N(C)C)cc1. The van der Waals surface area contributed by atoms with Gasteiger partial charge in [-0.3, -0.25) is 9.59 Å². The number of ether oxygens (including phenoxy) is 2. The van der Waals surface area contributed by atoms with Crippen LogP contribution >= 0.6 is 0 Å². The van der Waals surface area contributed by atoms with E-state index >= 15 is 0 Å². The molecule has 4 atom stereocenters. The first-order valence-corrected chi connectivity index (χ1v) is 9.71. The summed E-state index contributed by atoms with van der Waals surface area (Å²) in [6.45, 7) is 5.13. The quantitative estimate of drug-likeness (QED) is 0.423. The van der Waals surface area contributed by atoms with Crippen molar-refractivity contribution in [3.8, 4) is 0 Å². The minimum absolute atomic E-state index is 0.0793. The largest absolute Gasteiger partial charge is 0.466 e. The summed E-state index contributed by atoms with van der Waals surface area (Å²) < 4.78 is 10.4. The molecule has 160 valence electrons. The van der Waals surface area contributed by atoms with Gasteiger partial charge in [0.05, 0.1) is 30.4 Å². The van der Waals surface area contributed by atoms with Crippen molar-refractivity contribution < 1.29 is 29.4 Å². The van der Waals surface area contributed by atoms with Crippen LogP contribution in [-0.2, 0) is 19.1 Å². The van der Waals surface area contributed by atoms with E-state index in [9.17, 15) is 19.9 Å². The molecule has 1 aliphatic rings. The van der Waals surface area contributed by atoms with E-state index in [1.54, 1.807) is 26.0 Å². The molecule has 1 aromatic rings. The molecule has 2 N–H and O–H groups in total. The van der Waals surface area contributed by atoms with Gasteiger partial charge in [-0.15, -0.1) is 0 Å². The summed E-state index contributed by atoms with van der Waals surface area (Å²) in [7, 11) is 3.81. The lowest BCUT2D eigenvalue weighted by Gasteiger charge is -2.44. The fourth-order valence-electron chi connectivity index (χ4n) is 4.00. The fourth-order valence-corrected chi connectivity index (χ4v) is 4.00. The van der Waals surface area contributed by atoms with Gasteiger partial charge in [0.15, 0.2) is 0 Å². The minimum Gasteiger partial charge on any atom is -0.466 e. The third-order valence-corrected chi connectivity index (χ3v) is 5.29. The lowest BCUT2D eigenvalue weighted by molar-refractivity contribution is -0.163. The molecular weight excluding hydrogens is 376 g/mol. The zero-order valence-corrected chi connectivity index (χ0v) is 17.6. The van der Waals surface area contributed by atoms with Crippen LogP contribution in [0.25, 0.3) is 0 Å². The second-order valence-corrected chi connectivity index (χ2v) is 7.60. The average Bonchev–Trinajstić information content (AvgIpc) is 2.66. The second kappa shape index (κ2) is 9.26. The molecule has 1 saturated carbocycles. The van der Waals surface area contributed by atoms with Gasteiger partial charge in [-0.05, 0) is 38.5 Å². The lowest BCUT2D eigenvalue weighted by atomic mass is 9.61. The van der Waals surface area contributed by atoms with E-state index < -0.39 is 35.3 Å². The maximum absolute atomic E-state index is 12.8. The molecule has 0 amide bonds. The van der Waals surface area contributed by atoms with Crippen LogP contribution in [0.4, 0.5) is 5.69 Å². The molecule has 1 aliphatic carbocycles. The Labute approximate surface area is 171 Å². The van der Waals surface area contributed by atoms with Crippen molar-refractivity contribution >= 4 is 23.3 Å². The van der Waals surface area contributed by atoms with E-state index in [-0.39, 0.29) is 25.3 Å². The highest BCUT2D eigenvalue weighted by Crippen LogP contribution is 2.47. The highest BCUT2D eigenvalue weighted by atomic mass is 16.5. The number of carbonyl (C=O) groups excluding carboxylic acids is 2. The second-order valence-electron chi connectivity index (χ2n) is 7.60. The first kappa shape index (κ1) is 22.7. The standard InChI is InChI=1S/C21H30N2O6/c1-6-28-19(24)17-15(22-27)12-21(3,26)18(20(25)29-7-2)16(17)13-8-10-14(11-9-13)23(4)5/h8-11,16-18,26-27H,6-7,12H2,1-5H3/b22-15+/t16-,17-,18+,21-/m0/s1. The Morgan fingerprint density at radius 3 is 2.17 bits per heavy atom. The molecule has 0 unspecified atom stereocenters. The van der Waals surface area contributed by atoms with Crippen molar-refractivity contribution in [2.75, 3.05) is 32.2 Å². The van der Waals surface area contributed by atoms with E-state index in [0.29, 0.717) is 5.56 Å². The zero-order valence-electron chi connectivity index (χ0n) is 17.6.